The van der Waals surface area contributed by atoms with Crippen LogP contribution in [0.1, 0.15) is 41.9 Å². The molecule has 1 aromatic heterocycles. The average molecular weight is 333 g/mol. The quantitative estimate of drug-likeness (QED) is 0.837. The summed E-state index contributed by atoms with van der Waals surface area (Å²) < 4.78 is 3.03. The maximum Gasteiger partial charge on any atom is 0.166 e. The molecule has 4 heteroatoms. The van der Waals surface area contributed by atoms with Crippen molar-refractivity contribution in [1.29, 1.82) is 0 Å². The van der Waals surface area contributed by atoms with Gasteiger partial charge < -0.3 is 0 Å². The monoisotopic (exact) mass is 332 g/mol. The van der Waals surface area contributed by atoms with Gasteiger partial charge in [-0.3, -0.25) is 9.48 Å². The molecule has 0 spiro atoms. The van der Waals surface area contributed by atoms with Gasteiger partial charge in [0.15, 0.2) is 5.78 Å². The number of benzene rings is 1. The first kappa shape index (κ1) is 13.6. The second kappa shape index (κ2) is 4.85. The molecule has 1 aromatic carbocycles. The van der Waals surface area contributed by atoms with E-state index in [9.17, 15) is 4.79 Å². The van der Waals surface area contributed by atoms with E-state index in [-0.39, 0.29) is 11.2 Å². The van der Waals surface area contributed by atoms with Gasteiger partial charge in [-0.1, -0.05) is 41.9 Å². The molecule has 0 saturated carbocycles. The molecule has 0 unspecified atom stereocenters. The minimum absolute atomic E-state index is 0.0269. The molecule has 1 aliphatic rings. The molecule has 20 heavy (non-hydrogen) atoms. The van der Waals surface area contributed by atoms with E-state index < -0.39 is 0 Å². The Bertz CT molecular complexity index is 673. The lowest BCUT2D eigenvalue weighted by Gasteiger charge is -2.29. The van der Waals surface area contributed by atoms with Crippen molar-refractivity contribution in [3.05, 3.63) is 51.8 Å². The second-order valence-electron chi connectivity index (χ2n) is 6.23. The van der Waals surface area contributed by atoms with Crippen LogP contribution in [0.3, 0.4) is 0 Å². The standard InChI is InChI=1S/C16H17BrN2O/c1-16(2)7-14-13(15(20)8-16)9-18-19(14)10-11-4-3-5-12(17)6-11/h3-6,9H,7-8,10H2,1-2H3. The van der Waals surface area contributed by atoms with Crippen molar-refractivity contribution in [2.75, 3.05) is 0 Å². The molecular formula is C16H17BrN2O. The molecule has 2 aromatic rings. The highest BCUT2D eigenvalue weighted by molar-refractivity contribution is 9.10. The third-order valence-electron chi connectivity index (χ3n) is 3.76. The van der Waals surface area contributed by atoms with E-state index in [1.54, 1.807) is 6.20 Å². The van der Waals surface area contributed by atoms with Gasteiger partial charge in [0.05, 0.1) is 24.0 Å². The molecule has 3 rings (SSSR count). The van der Waals surface area contributed by atoms with E-state index in [2.05, 4.69) is 47.0 Å². The topological polar surface area (TPSA) is 34.9 Å². The van der Waals surface area contributed by atoms with E-state index in [0.717, 1.165) is 22.2 Å². The van der Waals surface area contributed by atoms with E-state index >= 15 is 0 Å². The largest absolute Gasteiger partial charge is 0.294 e. The number of nitrogens with zero attached hydrogens (tertiary/aromatic N) is 2. The van der Waals surface area contributed by atoms with Gasteiger partial charge >= 0.3 is 0 Å². The fourth-order valence-electron chi connectivity index (χ4n) is 2.82. The Morgan fingerprint density at radius 3 is 2.90 bits per heavy atom. The SMILES string of the molecule is CC1(C)CC(=O)c2cnn(Cc3cccc(Br)c3)c2C1. The summed E-state index contributed by atoms with van der Waals surface area (Å²) in [5.41, 5.74) is 3.09. The first-order valence-electron chi connectivity index (χ1n) is 6.77. The minimum atomic E-state index is 0.0269. The number of aromatic nitrogens is 2. The molecule has 0 fully saturated rings. The van der Waals surface area contributed by atoms with Crippen molar-refractivity contribution in [1.82, 2.24) is 9.78 Å². The lowest BCUT2D eigenvalue weighted by molar-refractivity contribution is 0.0910. The number of halogens is 1. The van der Waals surface area contributed by atoms with E-state index in [4.69, 9.17) is 0 Å². The predicted molar refractivity (Wildman–Crippen MR) is 81.9 cm³/mol. The fourth-order valence-corrected chi connectivity index (χ4v) is 3.27. The van der Waals surface area contributed by atoms with Crippen LogP contribution in [-0.4, -0.2) is 15.6 Å². The molecule has 1 heterocycles. The van der Waals surface area contributed by atoms with Crippen LogP contribution in [0.2, 0.25) is 0 Å². The number of hydrogen-bond acceptors (Lipinski definition) is 2. The van der Waals surface area contributed by atoms with Gasteiger partial charge in [-0.15, -0.1) is 0 Å². The maximum absolute atomic E-state index is 12.2. The van der Waals surface area contributed by atoms with Crippen LogP contribution >= 0.6 is 15.9 Å². The van der Waals surface area contributed by atoms with Gasteiger partial charge in [0.25, 0.3) is 0 Å². The number of ketones is 1. The number of carbonyl (C=O) groups is 1. The Kier molecular flexibility index (Phi) is 3.28. The highest BCUT2D eigenvalue weighted by Gasteiger charge is 2.33. The van der Waals surface area contributed by atoms with E-state index in [0.29, 0.717) is 13.0 Å². The van der Waals surface area contributed by atoms with E-state index in [1.165, 1.54) is 5.56 Å². The van der Waals surface area contributed by atoms with Crippen molar-refractivity contribution < 1.29 is 4.79 Å². The summed E-state index contributed by atoms with van der Waals surface area (Å²) in [6, 6.07) is 8.19. The Balaban J connectivity index is 1.95. The Labute approximate surface area is 127 Å². The number of carbonyl (C=O) groups excluding carboxylic acids is 1. The van der Waals surface area contributed by atoms with Crippen molar-refractivity contribution in [2.45, 2.75) is 33.2 Å². The summed E-state index contributed by atoms with van der Waals surface area (Å²) in [5.74, 6) is 0.219. The molecule has 0 atom stereocenters. The predicted octanol–water partition coefficient (Wildman–Crippen LogP) is 3.85. The summed E-state index contributed by atoms with van der Waals surface area (Å²) in [7, 11) is 0. The van der Waals surface area contributed by atoms with Gasteiger partial charge in [0.2, 0.25) is 0 Å². The van der Waals surface area contributed by atoms with E-state index in [1.807, 2.05) is 16.8 Å². The van der Waals surface area contributed by atoms with Crippen LogP contribution in [0.5, 0.6) is 0 Å². The molecular weight excluding hydrogens is 316 g/mol. The molecule has 0 bridgehead atoms. The molecule has 3 nitrogen and oxygen atoms in total. The molecule has 1 aliphatic carbocycles. The Morgan fingerprint density at radius 1 is 1.35 bits per heavy atom. The first-order valence-corrected chi connectivity index (χ1v) is 7.56. The van der Waals surface area contributed by atoms with Crippen molar-refractivity contribution in [3.63, 3.8) is 0 Å². The number of hydrogen-bond donors (Lipinski definition) is 0. The molecule has 0 N–H and O–H groups in total. The third-order valence-corrected chi connectivity index (χ3v) is 4.25. The van der Waals surface area contributed by atoms with Crippen LogP contribution in [0.25, 0.3) is 0 Å². The van der Waals surface area contributed by atoms with Gasteiger partial charge in [-0.05, 0) is 29.5 Å². The first-order chi connectivity index (χ1) is 9.44. The van der Waals surface area contributed by atoms with Crippen LogP contribution in [0.15, 0.2) is 34.9 Å². The Hall–Kier alpha value is -1.42. The zero-order valence-corrected chi connectivity index (χ0v) is 13.3. The van der Waals surface area contributed by atoms with Crippen LogP contribution in [-0.2, 0) is 13.0 Å². The minimum Gasteiger partial charge on any atom is -0.294 e. The summed E-state index contributed by atoms with van der Waals surface area (Å²) >= 11 is 3.48. The molecule has 0 amide bonds. The molecule has 0 saturated heterocycles. The zero-order valence-electron chi connectivity index (χ0n) is 11.7. The highest BCUT2D eigenvalue weighted by atomic mass is 79.9. The van der Waals surface area contributed by atoms with Gasteiger partial charge in [0.1, 0.15) is 0 Å². The zero-order chi connectivity index (χ0) is 14.3. The van der Waals surface area contributed by atoms with Gasteiger partial charge in [-0.25, -0.2) is 0 Å². The molecule has 0 radical (unpaired) electrons. The summed E-state index contributed by atoms with van der Waals surface area (Å²) in [4.78, 5) is 12.2. The fraction of sp³-hybridized carbons (Fsp3) is 0.375. The lowest BCUT2D eigenvalue weighted by Crippen LogP contribution is -2.28. The van der Waals surface area contributed by atoms with Crippen molar-refractivity contribution >= 4 is 21.7 Å². The normalized spacial score (nSPS) is 17.1. The Morgan fingerprint density at radius 2 is 2.15 bits per heavy atom. The summed E-state index contributed by atoms with van der Waals surface area (Å²) in [6.45, 7) is 4.99. The summed E-state index contributed by atoms with van der Waals surface area (Å²) in [5, 5.41) is 4.42. The average Bonchev–Trinajstić information content (AvgIpc) is 2.71. The third kappa shape index (κ3) is 2.57. The van der Waals surface area contributed by atoms with Gasteiger partial charge in [0, 0.05) is 10.9 Å². The second-order valence-corrected chi connectivity index (χ2v) is 7.15. The number of fused-ring (bicyclic) bond motifs is 1. The highest BCUT2D eigenvalue weighted by Crippen LogP contribution is 2.34. The smallest absolute Gasteiger partial charge is 0.166 e. The number of Topliss-reactive ketones (excluding diaryl/α,β-unsaturated/α-hetero) is 1. The van der Waals surface area contributed by atoms with Crippen LogP contribution in [0.4, 0.5) is 0 Å². The number of rotatable bonds is 2. The summed E-state index contributed by atoms with van der Waals surface area (Å²) in [6.07, 6.45) is 3.25. The molecule has 104 valence electrons. The van der Waals surface area contributed by atoms with Crippen molar-refractivity contribution in [3.8, 4) is 0 Å². The van der Waals surface area contributed by atoms with Crippen LogP contribution < -0.4 is 0 Å². The van der Waals surface area contributed by atoms with Crippen molar-refractivity contribution in [2.24, 2.45) is 5.41 Å². The molecule has 0 aliphatic heterocycles. The maximum atomic E-state index is 12.2. The van der Waals surface area contributed by atoms with Crippen LogP contribution in [0, 0.1) is 5.41 Å². The van der Waals surface area contributed by atoms with Gasteiger partial charge in [-0.2, -0.15) is 5.10 Å². The lowest BCUT2D eigenvalue weighted by atomic mass is 9.76.